The fourth-order valence-electron chi connectivity index (χ4n) is 1.45. The Labute approximate surface area is 103 Å². The van der Waals surface area contributed by atoms with Crippen molar-refractivity contribution in [1.29, 1.82) is 0 Å². The van der Waals surface area contributed by atoms with E-state index in [2.05, 4.69) is 15.3 Å². The third-order valence-electron chi connectivity index (χ3n) is 2.25. The first-order chi connectivity index (χ1) is 8.22. The summed E-state index contributed by atoms with van der Waals surface area (Å²) >= 11 is 5.72. The Morgan fingerprint density at radius 2 is 2.24 bits per heavy atom. The molecule has 0 radical (unpaired) electrons. The molecule has 2 heterocycles. The highest BCUT2D eigenvalue weighted by Gasteiger charge is 2.15. The lowest BCUT2D eigenvalue weighted by Crippen LogP contribution is -2.12. The summed E-state index contributed by atoms with van der Waals surface area (Å²) in [5.41, 5.74) is 0.788. The van der Waals surface area contributed by atoms with E-state index in [1.807, 2.05) is 6.92 Å². The minimum atomic E-state index is -0.194. The molecule has 0 saturated carbocycles. The summed E-state index contributed by atoms with van der Waals surface area (Å²) < 4.78 is 1.58. The largest absolute Gasteiger partial charge is 0.285 e. The monoisotopic (exact) mass is 250 g/mol. The van der Waals surface area contributed by atoms with Crippen LogP contribution in [0, 0.1) is 0 Å². The molecule has 0 aliphatic carbocycles. The maximum Gasteiger partial charge on any atom is 0.230 e. The lowest BCUT2D eigenvalue weighted by molar-refractivity contribution is 0.102. The first-order valence-electron chi connectivity index (χ1n) is 5.27. The summed E-state index contributed by atoms with van der Waals surface area (Å²) in [5, 5.41) is 8.11. The van der Waals surface area contributed by atoms with Crippen molar-refractivity contribution in [2.24, 2.45) is 0 Å². The van der Waals surface area contributed by atoms with E-state index < -0.39 is 0 Å². The molecule has 0 bridgehead atoms. The molecule has 0 atom stereocenters. The summed E-state index contributed by atoms with van der Waals surface area (Å²) in [6.45, 7) is 2.67. The molecule has 0 amide bonds. The molecular formula is C11H11ClN4O. The van der Waals surface area contributed by atoms with E-state index >= 15 is 0 Å². The summed E-state index contributed by atoms with van der Waals surface area (Å²) in [6, 6.07) is 3.23. The maximum atomic E-state index is 12.1. The zero-order valence-corrected chi connectivity index (χ0v) is 10.1. The quantitative estimate of drug-likeness (QED) is 0.779. The number of aryl methyl sites for hydroxylation is 1. The molecule has 2 rings (SSSR count). The van der Waals surface area contributed by atoms with Gasteiger partial charge in [0.05, 0.1) is 11.2 Å². The van der Waals surface area contributed by atoms with Gasteiger partial charge < -0.3 is 0 Å². The molecule has 6 heteroatoms. The maximum absolute atomic E-state index is 12.1. The minimum absolute atomic E-state index is 0.194. The third-order valence-corrected chi connectivity index (χ3v) is 2.47. The van der Waals surface area contributed by atoms with Crippen molar-refractivity contribution in [3.8, 4) is 0 Å². The Balaban J connectivity index is 2.30. The molecule has 2 aromatic heterocycles. The van der Waals surface area contributed by atoms with E-state index in [1.165, 1.54) is 12.4 Å². The number of hydrogen-bond donors (Lipinski definition) is 0. The highest BCUT2D eigenvalue weighted by molar-refractivity contribution is 6.30. The number of carbonyl (C=O) groups excluding carboxylic acids is 1. The average Bonchev–Trinajstić information content (AvgIpc) is 2.78. The van der Waals surface area contributed by atoms with Gasteiger partial charge >= 0.3 is 0 Å². The number of ketones is 1. The number of hydrogen-bond acceptors (Lipinski definition) is 4. The zero-order chi connectivity index (χ0) is 12.3. The van der Waals surface area contributed by atoms with Crippen LogP contribution >= 0.6 is 11.6 Å². The van der Waals surface area contributed by atoms with E-state index in [-0.39, 0.29) is 5.78 Å². The molecule has 2 aromatic rings. The molecule has 0 fully saturated rings. The number of aromatic nitrogens is 4. The Hall–Kier alpha value is -1.75. The van der Waals surface area contributed by atoms with Gasteiger partial charge in [-0.25, -0.2) is 4.68 Å². The predicted octanol–water partition coefficient (Wildman–Crippen LogP) is 1.97. The van der Waals surface area contributed by atoms with Gasteiger partial charge in [-0.1, -0.05) is 23.7 Å². The summed E-state index contributed by atoms with van der Waals surface area (Å²) in [6.07, 6.45) is 3.79. The number of pyridine rings is 1. The molecule has 0 saturated heterocycles. The molecule has 88 valence electrons. The molecule has 0 spiro atoms. The van der Waals surface area contributed by atoms with E-state index in [1.54, 1.807) is 16.8 Å². The van der Waals surface area contributed by atoms with Crippen molar-refractivity contribution < 1.29 is 4.79 Å². The Morgan fingerprint density at radius 1 is 1.41 bits per heavy atom. The van der Waals surface area contributed by atoms with Crippen molar-refractivity contribution >= 4 is 17.4 Å². The minimum Gasteiger partial charge on any atom is -0.285 e. The third kappa shape index (κ3) is 2.50. The molecular weight excluding hydrogens is 240 g/mol. The van der Waals surface area contributed by atoms with Crippen LogP contribution in [0.25, 0.3) is 0 Å². The van der Waals surface area contributed by atoms with Crippen LogP contribution in [0.15, 0.2) is 24.5 Å². The summed E-state index contributed by atoms with van der Waals surface area (Å²) in [5.74, 6) is -0.194. The fraction of sp³-hybridized carbons (Fsp3) is 0.273. The van der Waals surface area contributed by atoms with Crippen LogP contribution in [-0.4, -0.2) is 25.8 Å². The number of halogens is 1. The molecule has 0 N–H and O–H groups in total. The Bertz CT molecular complexity index is 521. The smallest absolute Gasteiger partial charge is 0.230 e. The van der Waals surface area contributed by atoms with Crippen molar-refractivity contribution in [2.75, 3.05) is 0 Å². The van der Waals surface area contributed by atoms with Gasteiger partial charge in [0.25, 0.3) is 0 Å². The topological polar surface area (TPSA) is 60.7 Å². The van der Waals surface area contributed by atoms with Crippen LogP contribution in [0.5, 0.6) is 0 Å². The Morgan fingerprint density at radius 3 is 2.88 bits per heavy atom. The number of nitrogens with zero attached hydrogens (tertiary/aromatic N) is 4. The number of rotatable bonds is 4. The fourth-order valence-corrected chi connectivity index (χ4v) is 1.56. The van der Waals surface area contributed by atoms with Gasteiger partial charge in [-0.15, -0.1) is 5.10 Å². The van der Waals surface area contributed by atoms with Gasteiger partial charge in [0.1, 0.15) is 11.4 Å². The van der Waals surface area contributed by atoms with Crippen LogP contribution in [0.4, 0.5) is 0 Å². The molecule has 0 aliphatic rings. The lowest BCUT2D eigenvalue weighted by Gasteiger charge is -2.03. The van der Waals surface area contributed by atoms with Crippen molar-refractivity contribution in [1.82, 2.24) is 20.0 Å². The van der Waals surface area contributed by atoms with Crippen LogP contribution in [0.2, 0.25) is 5.02 Å². The zero-order valence-electron chi connectivity index (χ0n) is 9.30. The second kappa shape index (κ2) is 5.05. The number of carbonyl (C=O) groups is 1. The van der Waals surface area contributed by atoms with E-state index in [9.17, 15) is 4.79 Å². The van der Waals surface area contributed by atoms with Gasteiger partial charge in [-0.2, -0.15) is 0 Å². The SMILES string of the molecule is CCCn1nncc1C(=O)c1ccc(Cl)cn1. The second-order valence-electron chi connectivity index (χ2n) is 3.53. The van der Waals surface area contributed by atoms with E-state index in [0.29, 0.717) is 23.0 Å². The van der Waals surface area contributed by atoms with Crippen molar-refractivity contribution in [3.63, 3.8) is 0 Å². The van der Waals surface area contributed by atoms with Crippen LogP contribution < -0.4 is 0 Å². The molecule has 0 aliphatic heterocycles. The molecule has 0 aromatic carbocycles. The van der Waals surface area contributed by atoms with Gasteiger partial charge in [-0.3, -0.25) is 9.78 Å². The lowest BCUT2D eigenvalue weighted by atomic mass is 10.2. The highest BCUT2D eigenvalue weighted by atomic mass is 35.5. The highest BCUT2D eigenvalue weighted by Crippen LogP contribution is 2.10. The molecule has 0 unspecified atom stereocenters. The van der Waals surface area contributed by atoms with Crippen molar-refractivity contribution in [2.45, 2.75) is 19.9 Å². The van der Waals surface area contributed by atoms with Crippen LogP contribution in [0.1, 0.15) is 29.5 Å². The van der Waals surface area contributed by atoms with Crippen LogP contribution in [-0.2, 0) is 6.54 Å². The van der Waals surface area contributed by atoms with Gasteiger partial charge in [0.15, 0.2) is 0 Å². The molecule has 17 heavy (non-hydrogen) atoms. The van der Waals surface area contributed by atoms with Gasteiger partial charge in [-0.05, 0) is 18.6 Å². The normalized spacial score (nSPS) is 10.5. The van der Waals surface area contributed by atoms with Gasteiger partial charge in [0.2, 0.25) is 5.78 Å². The first kappa shape index (κ1) is 11.7. The Kier molecular flexibility index (Phi) is 3.49. The molecule has 5 nitrogen and oxygen atoms in total. The van der Waals surface area contributed by atoms with Gasteiger partial charge in [0, 0.05) is 12.7 Å². The van der Waals surface area contributed by atoms with Crippen LogP contribution in [0.3, 0.4) is 0 Å². The first-order valence-corrected chi connectivity index (χ1v) is 5.65. The van der Waals surface area contributed by atoms with E-state index in [4.69, 9.17) is 11.6 Å². The second-order valence-corrected chi connectivity index (χ2v) is 3.97. The predicted molar refractivity (Wildman–Crippen MR) is 63.0 cm³/mol. The van der Waals surface area contributed by atoms with E-state index in [0.717, 1.165) is 6.42 Å². The standard InChI is InChI=1S/C11H11ClN4O/c1-2-5-16-10(7-14-15-16)11(17)9-4-3-8(12)6-13-9/h3-4,6-7H,2,5H2,1H3. The summed E-state index contributed by atoms with van der Waals surface area (Å²) in [7, 11) is 0. The van der Waals surface area contributed by atoms with Crippen molar-refractivity contribution in [3.05, 3.63) is 40.9 Å². The summed E-state index contributed by atoms with van der Waals surface area (Å²) in [4.78, 5) is 16.1. The average molecular weight is 251 g/mol.